The van der Waals surface area contributed by atoms with Gasteiger partial charge in [0.25, 0.3) is 0 Å². The van der Waals surface area contributed by atoms with Gasteiger partial charge in [-0.2, -0.15) is 0 Å². The molecule has 1 unspecified atom stereocenters. The Labute approximate surface area is 346 Å². The lowest BCUT2D eigenvalue weighted by molar-refractivity contribution is 0.624. The molecule has 0 N–H and O–H groups in total. The molecular weight excluding hydrogens is 737 g/mol. The van der Waals surface area contributed by atoms with E-state index in [-0.39, 0.29) is 17.6 Å². The van der Waals surface area contributed by atoms with E-state index < -0.39 is 0 Å². The molecule has 282 valence electrons. The summed E-state index contributed by atoms with van der Waals surface area (Å²) in [4.78, 5) is 0. The normalized spacial score (nSPS) is 13.3. The lowest BCUT2D eigenvalue weighted by atomic mass is 9.86. The summed E-state index contributed by atoms with van der Waals surface area (Å²) in [5.41, 5.74) is 15.1. The number of para-hydroxylation sites is 1. The Hall–Kier alpha value is -7.62. The van der Waals surface area contributed by atoms with Gasteiger partial charge in [0.15, 0.2) is 0 Å². The van der Waals surface area contributed by atoms with Gasteiger partial charge in [0.2, 0.25) is 0 Å². The standard InChI is InChI=1S/C57H35F2N/c58-40-14-10-13-39(31-40)57-48-28-23-37(32-50(48)51-34-41(59)25-29-49(51)57)38-24-30-54-52(33-38)43-15-8-9-20-53(43)60(54)42-26-21-36(22-27-42)56-46-18-6-4-16-44(46)55(35-11-2-1-3-12-35)45-17-5-7-19-47(45)56/h1-34,57H. The average Bonchev–Trinajstić information content (AvgIpc) is 3.80. The number of hydrogen-bond acceptors (Lipinski definition) is 0. The Morgan fingerprint density at radius 1 is 0.333 bits per heavy atom. The number of fused-ring (bicyclic) bond motifs is 8. The molecule has 3 heteroatoms. The number of rotatable bonds is 5. The van der Waals surface area contributed by atoms with Crippen LogP contribution in [0.5, 0.6) is 0 Å². The van der Waals surface area contributed by atoms with Gasteiger partial charge in [-0.25, -0.2) is 8.78 Å². The molecule has 10 aromatic carbocycles. The molecule has 0 radical (unpaired) electrons. The molecule has 0 aliphatic heterocycles. The van der Waals surface area contributed by atoms with Gasteiger partial charge in [-0.15, -0.1) is 0 Å². The van der Waals surface area contributed by atoms with Crippen LogP contribution in [0.3, 0.4) is 0 Å². The molecule has 0 fully saturated rings. The van der Waals surface area contributed by atoms with E-state index in [1.807, 2.05) is 12.1 Å². The highest BCUT2D eigenvalue weighted by molar-refractivity contribution is 6.21. The first-order valence-electron chi connectivity index (χ1n) is 20.4. The second kappa shape index (κ2) is 13.5. The topological polar surface area (TPSA) is 4.93 Å². The maximum atomic E-state index is 14.8. The van der Waals surface area contributed by atoms with Gasteiger partial charge in [0.1, 0.15) is 11.6 Å². The minimum atomic E-state index is -0.282. The Balaban J connectivity index is 0.974. The summed E-state index contributed by atoms with van der Waals surface area (Å²) in [6, 6.07) is 70.7. The molecule has 1 aromatic heterocycles. The Kier molecular flexibility index (Phi) is 7.73. The van der Waals surface area contributed by atoms with Crippen LogP contribution in [0.25, 0.3) is 93.5 Å². The van der Waals surface area contributed by atoms with Crippen LogP contribution in [-0.2, 0) is 0 Å². The number of aromatic nitrogens is 1. The maximum absolute atomic E-state index is 14.8. The predicted molar refractivity (Wildman–Crippen MR) is 245 cm³/mol. The minimum Gasteiger partial charge on any atom is -0.309 e. The Morgan fingerprint density at radius 3 is 1.53 bits per heavy atom. The van der Waals surface area contributed by atoms with Gasteiger partial charge >= 0.3 is 0 Å². The van der Waals surface area contributed by atoms with Gasteiger partial charge in [0.05, 0.1) is 11.0 Å². The third-order valence-electron chi connectivity index (χ3n) is 12.6. The number of nitrogens with zero attached hydrogens (tertiary/aromatic N) is 1. The molecule has 1 aliphatic carbocycles. The van der Waals surface area contributed by atoms with Crippen LogP contribution in [0.1, 0.15) is 22.6 Å². The van der Waals surface area contributed by atoms with E-state index >= 15 is 0 Å². The van der Waals surface area contributed by atoms with Crippen molar-refractivity contribution in [2.45, 2.75) is 5.92 Å². The molecule has 11 aromatic rings. The van der Waals surface area contributed by atoms with E-state index in [1.165, 1.54) is 61.3 Å². The quantitative estimate of drug-likeness (QED) is 0.154. The second-order valence-electron chi connectivity index (χ2n) is 15.9. The first-order valence-corrected chi connectivity index (χ1v) is 20.4. The molecule has 1 nitrogen and oxygen atoms in total. The minimum absolute atomic E-state index is 0.168. The summed E-state index contributed by atoms with van der Waals surface area (Å²) in [5, 5.41) is 7.28. The zero-order chi connectivity index (χ0) is 39.9. The molecule has 60 heavy (non-hydrogen) atoms. The summed E-state index contributed by atoms with van der Waals surface area (Å²) >= 11 is 0. The van der Waals surface area contributed by atoms with Crippen LogP contribution < -0.4 is 0 Å². The van der Waals surface area contributed by atoms with E-state index in [1.54, 1.807) is 18.2 Å². The van der Waals surface area contributed by atoms with Gasteiger partial charge in [-0.1, -0.05) is 146 Å². The third-order valence-corrected chi connectivity index (χ3v) is 12.6. The zero-order valence-electron chi connectivity index (χ0n) is 32.4. The number of halogens is 2. The predicted octanol–water partition coefficient (Wildman–Crippen LogP) is 15.5. The first-order chi connectivity index (χ1) is 29.6. The highest BCUT2D eigenvalue weighted by atomic mass is 19.1. The second-order valence-corrected chi connectivity index (χ2v) is 15.9. The van der Waals surface area contributed by atoms with Crippen LogP contribution in [-0.4, -0.2) is 4.57 Å². The van der Waals surface area contributed by atoms with Crippen molar-refractivity contribution in [1.29, 1.82) is 0 Å². The lowest BCUT2D eigenvalue weighted by Crippen LogP contribution is -1.99. The largest absolute Gasteiger partial charge is 0.309 e. The number of benzene rings is 10. The Bertz CT molecular complexity index is 3450. The molecular formula is C57H35F2N. The fraction of sp³-hybridized carbons (Fsp3) is 0.0175. The molecule has 12 rings (SSSR count). The van der Waals surface area contributed by atoms with Gasteiger partial charge in [0, 0.05) is 22.4 Å². The van der Waals surface area contributed by atoms with E-state index in [0.717, 1.165) is 61.1 Å². The smallest absolute Gasteiger partial charge is 0.123 e. The average molecular weight is 772 g/mol. The molecule has 1 aliphatic rings. The van der Waals surface area contributed by atoms with Crippen molar-refractivity contribution in [3.05, 3.63) is 235 Å². The van der Waals surface area contributed by atoms with Crippen LogP contribution in [0.4, 0.5) is 8.78 Å². The molecule has 0 saturated heterocycles. The molecule has 0 amide bonds. The monoisotopic (exact) mass is 771 g/mol. The fourth-order valence-electron chi connectivity index (χ4n) is 10.0. The van der Waals surface area contributed by atoms with Crippen LogP contribution in [0.15, 0.2) is 206 Å². The molecule has 0 bridgehead atoms. The first kappa shape index (κ1) is 34.4. The van der Waals surface area contributed by atoms with Crippen molar-refractivity contribution in [3.63, 3.8) is 0 Å². The SMILES string of the molecule is Fc1cccc(C2c3ccc(F)cc3-c3cc(-c4ccc5c(c4)c4ccccc4n5-c4ccc(-c5c6ccccc6c(-c6ccccc6)c6ccccc56)cc4)ccc32)c1. The van der Waals surface area contributed by atoms with Gasteiger partial charge in [-0.3, -0.25) is 0 Å². The van der Waals surface area contributed by atoms with Crippen molar-refractivity contribution in [3.8, 4) is 50.2 Å². The lowest BCUT2D eigenvalue weighted by Gasteiger charge is -2.18. The summed E-state index contributed by atoms with van der Waals surface area (Å²) in [6.07, 6.45) is 0. The van der Waals surface area contributed by atoms with Crippen molar-refractivity contribution in [2.75, 3.05) is 0 Å². The van der Waals surface area contributed by atoms with Crippen LogP contribution in [0.2, 0.25) is 0 Å². The molecule has 1 heterocycles. The summed E-state index contributed by atoms with van der Waals surface area (Å²) < 4.78 is 31.6. The van der Waals surface area contributed by atoms with Crippen molar-refractivity contribution >= 4 is 43.4 Å². The number of hydrogen-bond donors (Lipinski definition) is 0. The van der Waals surface area contributed by atoms with Crippen LogP contribution in [0, 0.1) is 11.6 Å². The van der Waals surface area contributed by atoms with Crippen molar-refractivity contribution < 1.29 is 8.78 Å². The summed E-state index contributed by atoms with van der Waals surface area (Å²) in [6.45, 7) is 0. The van der Waals surface area contributed by atoms with Crippen molar-refractivity contribution in [2.24, 2.45) is 0 Å². The zero-order valence-corrected chi connectivity index (χ0v) is 32.4. The molecule has 0 spiro atoms. The van der Waals surface area contributed by atoms with Gasteiger partial charge < -0.3 is 4.57 Å². The van der Waals surface area contributed by atoms with Crippen molar-refractivity contribution in [1.82, 2.24) is 4.57 Å². The Morgan fingerprint density at radius 2 is 0.850 bits per heavy atom. The third kappa shape index (κ3) is 5.29. The molecule has 1 atom stereocenters. The summed E-state index contributed by atoms with van der Waals surface area (Å²) in [5.74, 6) is -0.728. The fourth-order valence-corrected chi connectivity index (χ4v) is 10.0. The maximum Gasteiger partial charge on any atom is 0.123 e. The van der Waals surface area contributed by atoms with E-state index in [2.05, 4.69) is 168 Å². The van der Waals surface area contributed by atoms with Crippen LogP contribution >= 0.6 is 0 Å². The highest BCUT2D eigenvalue weighted by Crippen LogP contribution is 2.50. The van der Waals surface area contributed by atoms with E-state index in [4.69, 9.17) is 0 Å². The van der Waals surface area contributed by atoms with E-state index in [9.17, 15) is 8.78 Å². The van der Waals surface area contributed by atoms with E-state index in [0.29, 0.717) is 0 Å². The molecule has 0 saturated carbocycles. The summed E-state index contributed by atoms with van der Waals surface area (Å²) in [7, 11) is 0. The highest BCUT2D eigenvalue weighted by Gasteiger charge is 2.31. The van der Waals surface area contributed by atoms with Gasteiger partial charge in [-0.05, 0) is 143 Å².